The fourth-order valence-corrected chi connectivity index (χ4v) is 2.10. The molecule has 0 aliphatic heterocycles. The largest absolute Gasteiger partial charge is 0.478 e. The van der Waals surface area contributed by atoms with Gasteiger partial charge in [0.15, 0.2) is 0 Å². The standard InChI is InChI=1S/C15H23N3O3/c1-15(2,10-18(3)4)9-16-14(21)17-12-7-5-11(6-8-12)13(19)20/h5-8H,9-10H2,1-4H3,(H,19,20)(H2,16,17,21). The van der Waals surface area contributed by atoms with Gasteiger partial charge in [0.2, 0.25) is 0 Å². The monoisotopic (exact) mass is 293 g/mol. The highest BCUT2D eigenvalue weighted by Gasteiger charge is 2.19. The van der Waals surface area contributed by atoms with Gasteiger partial charge in [-0.15, -0.1) is 0 Å². The summed E-state index contributed by atoms with van der Waals surface area (Å²) in [6, 6.07) is 5.73. The maximum atomic E-state index is 11.8. The number of nitrogens with one attached hydrogen (secondary N) is 2. The third-order valence-electron chi connectivity index (χ3n) is 2.86. The molecule has 0 radical (unpaired) electrons. The van der Waals surface area contributed by atoms with Crippen molar-refractivity contribution in [3.8, 4) is 0 Å². The summed E-state index contributed by atoms with van der Waals surface area (Å²) in [6.07, 6.45) is 0. The van der Waals surface area contributed by atoms with Gasteiger partial charge in [0, 0.05) is 18.8 Å². The summed E-state index contributed by atoms with van der Waals surface area (Å²) in [5.74, 6) is -0.989. The van der Waals surface area contributed by atoms with Gasteiger partial charge in [-0.05, 0) is 43.8 Å². The molecule has 3 N–H and O–H groups in total. The lowest BCUT2D eigenvalue weighted by atomic mass is 9.93. The molecule has 2 amide bonds. The second-order valence-corrected chi connectivity index (χ2v) is 6.09. The van der Waals surface area contributed by atoms with Crippen molar-refractivity contribution in [3.63, 3.8) is 0 Å². The number of benzene rings is 1. The molecule has 0 unspecified atom stereocenters. The highest BCUT2D eigenvalue weighted by molar-refractivity contribution is 5.91. The number of nitrogens with zero attached hydrogens (tertiary/aromatic N) is 1. The molecule has 21 heavy (non-hydrogen) atoms. The van der Waals surface area contributed by atoms with E-state index in [0.717, 1.165) is 6.54 Å². The number of amides is 2. The van der Waals surface area contributed by atoms with Crippen molar-refractivity contribution in [1.82, 2.24) is 10.2 Å². The molecule has 116 valence electrons. The van der Waals surface area contributed by atoms with Crippen molar-refractivity contribution in [2.75, 3.05) is 32.5 Å². The minimum absolute atomic E-state index is 0.0337. The summed E-state index contributed by atoms with van der Waals surface area (Å²) < 4.78 is 0. The van der Waals surface area contributed by atoms with Gasteiger partial charge in [0.1, 0.15) is 0 Å². The number of rotatable bonds is 6. The van der Waals surface area contributed by atoms with E-state index in [1.54, 1.807) is 12.1 Å². The van der Waals surface area contributed by atoms with E-state index in [0.29, 0.717) is 12.2 Å². The van der Waals surface area contributed by atoms with Crippen LogP contribution in [0.2, 0.25) is 0 Å². The van der Waals surface area contributed by atoms with Gasteiger partial charge >= 0.3 is 12.0 Å². The van der Waals surface area contributed by atoms with Gasteiger partial charge in [0.05, 0.1) is 5.56 Å². The summed E-state index contributed by atoms with van der Waals surface area (Å²) >= 11 is 0. The Morgan fingerprint density at radius 1 is 1.19 bits per heavy atom. The quantitative estimate of drug-likeness (QED) is 0.750. The molecule has 0 spiro atoms. The summed E-state index contributed by atoms with van der Waals surface area (Å²) in [4.78, 5) is 24.6. The molecule has 0 saturated carbocycles. The van der Waals surface area contributed by atoms with Gasteiger partial charge in [-0.25, -0.2) is 9.59 Å². The van der Waals surface area contributed by atoms with E-state index in [1.165, 1.54) is 12.1 Å². The smallest absolute Gasteiger partial charge is 0.335 e. The summed E-state index contributed by atoms with van der Waals surface area (Å²) in [6.45, 7) is 5.56. The van der Waals surface area contributed by atoms with Crippen LogP contribution in [0.15, 0.2) is 24.3 Å². The Balaban J connectivity index is 2.48. The number of carbonyl (C=O) groups is 2. The highest BCUT2D eigenvalue weighted by Crippen LogP contribution is 2.14. The Morgan fingerprint density at radius 3 is 2.24 bits per heavy atom. The Labute approximate surface area is 125 Å². The molecule has 6 nitrogen and oxygen atoms in total. The van der Waals surface area contributed by atoms with E-state index >= 15 is 0 Å². The summed E-state index contributed by atoms with van der Waals surface area (Å²) in [5.41, 5.74) is 0.713. The number of aromatic carboxylic acids is 1. The molecule has 0 aromatic heterocycles. The topological polar surface area (TPSA) is 81.7 Å². The minimum atomic E-state index is -0.989. The number of hydrogen-bond donors (Lipinski definition) is 3. The van der Waals surface area contributed by atoms with Gasteiger partial charge < -0.3 is 20.6 Å². The Bertz CT molecular complexity index is 495. The van der Waals surface area contributed by atoms with E-state index in [-0.39, 0.29) is 17.0 Å². The zero-order chi connectivity index (χ0) is 16.0. The summed E-state index contributed by atoms with van der Waals surface area (Å²) in [5, 5.41) is 14.3. The molecule has 0 saturated heterocycles. The van der Waals surface area contributed by atoms with Crippen LogP contribution in [-0.2, 0) is 0 Å². The first-order valence-corrected chi connectivity index (χ1v) is 6.72. The molecular formula is C15H23N3O3. The maximum absolute atomic E-state index is 11.8. The molecule has 6 heteroatoms. The minimum Gasteiger partial charge on any atom is -0.478 e. The van der Waals surface area contributed by atoms with Crippen LogP contribution in [-0.4, -0.2) is 49.2 Å². The van der Waals surface area contributed by atoms with E-state index < -0.39 is 5.97 Å². The number of carboxylic acids is 1. The lowest BCUT2D eigenvalue weighted by Gasteiger charge is -2.28. The van der Waals surface area contributed by atoms with Crippen LogP contribution in [0.25, 0.3) is 0 Å². The lowest BCUT2D eigenvalue weighted by Crippen LogP contribution is -2.41. The number of carbonyl (C=O) groups excluding carboxylic acids is 1. The molecule has 1 aromatic rings. The molecule has 0 fully saturated rings. The molecule has 0 aliphatic carbocycles. The van der Waals surface area contributed by atoms with Crippen LogP contribution >= 0.6 is 0 Å². The van der Waals surface area contributed by atoms with Crippen molar-refractivity contribution in [1.29, 1.82) is 0 Å². The van der Waals surface area contributed by atoms with Crippen LogP contribution in [0.3, 0.4) is 0 Å². The molecule has 0 heterocycles. The zero-order valence-electron chi connectivity index (χ0n) is 12.9. The Kier molecular flexibility index (Phi) is 5.72. The first-order chi connectivity index (χ1) is 9.69. The van der Waals surface area contributed by atoms with E-state index in [9.17, 15) is 9.59 Å². The van der Waals surface area contributed by atoms with Gasteiger partial charge in [0.25, 0.3) is 0 Å². The van der Waals surface area contributed by atoms with Crippen LogP contribution < -0.4 is 10.6 Å². The van der Waals surface area contributed by atoms with Crippen molar-refractivity contribution in [2.45, 2.75) is 13.8 Å². The average Bonchev–Trinajstić information content (AvgIpc) is 2.36. The van der Waals surface area contributed by atoms with Crippen LogP contribution in [0, 0.1) is 5.41 Å². The van der Waals surface area contributed by atoms with Gasteiger partial charge in [-0.1, -0.05) is 13.8 Å². The second kappa shape index (κ2) is 7.08. The average molecular weight is 293 g/mol. The van der Waals surface area contributed by atoms with E-state index in [2.05, 4.69) is 29.4 Å². The molecule has 1 rings (SSSR count). The number of carboxylic acid groups (broad SMARTS) is 1. The normalized spacial score (nSPS) is 11.3. The number of hydrogen-bond acceptors (Lipinski definition) is 3. The van der Waals surface area contributed by atoms with Crippen molar-refractivity contribution >= 4 is 17.7 Å². The molecule has 0 bridgehead atoms. The Hall–Kier alpha value is -2.08. The predicted octanol–water partition coefficient (Wildman–Crippen LogP) is 2.09. The van der Waals surface area contributed by atoms with Crippen LogP contribution in [0.1, 0.15) is 24.2 Å². The fourth-order valence-electron chi connectivity index (χ4n) is 2.10. The summed E-state index contributed by atoms with van der Waals surface area (Å²) in [7, 11) is 3.98. The molecule has 0 aliphatic rings. The fraction of sp³-hybridized carbons (Fsp3) is 0.467. The third-order valence-corrected chi connectivity index (χ3v) is 2.86. The third kappa shape index (κ3) is 6.27. The first kappa shape index (κ1) is 17.0. The van der Waals surface area contributed by atoms with Crippen LogP contribution in [0.4, 0.5) is 10.5 Å². The highest BCUT2D eigenvalue weighted by atomic mass is 16.4. The molecule has 1 aromatic carbocycles. The van der Waals surface area contributed by atoms with E-state index in [1.807, 2.05) is 14.1 Å². The molecule has 0 atom stereocenters. The second-order valence-electron chi connectivity index (χ2n) is 6.09. The SMILES string of the molecule is CN(C)CC(C)(C)CNC(=O)Nc1ccc(C(=O)O)cc1. The van der Waals surface area contributed by atoms with Gasteiger partial charge in [-0.3, -0.25) is 0 Å². The zero-order valence-corrected chi connectivity index (χ0v) is 12.9. The Morgan fingerprint density at radius 2 is 1.76 bits per heavy atom. The van der Waals surface area contributed by atoms with Gasteiger partial charge in [-0.2, -0.15) is 0 Å². The number of anilines is 1. The maximum Gasteiger partial charge on any atom is 0.335 e. The van der Waals surface area contributed by atoms with Crippen molar-refractivity contribution < 1.29 is 14.7 Å². The van der Waals surface area contributed by atoms with Crippen LogP contribution in [0.5, 0.6) is 0 Å². The number of urea groups is 1. The van der Waals surface area contributed by atoms with E-state index in [4.69, 9.17) is 5.11 Å². The predicted molar refractivity (Wildman–Crippen MR) is 82.8 cm³/mol. The first-order valence-electron chi connectivity index (χ1n) is 6.72. The lowest BCUT2D eigenvalue weighted by molar-refractivity contribution is 0.0697. The van der Waals surface area contributed by atoms with Crippen molar-refractivity contribution in [2.24, 2.45) is 5.41 Å². The van der Waals surface area contributed by atoms with Crippen molar-refractivity contribution in [3.05, 3.63) is 29.8 Å². The molecular weight excluding hydrogens is 270 g/mol.